The van der Waals surface area contributed by atoms with Crippen molar-refractivity contribution in [3.8, 4) is 0 Å². The quantitative estimate of drug-likeness (QED) is 0.240. The van der Waals surface area contributed by atoms with Crippen LogP contribution < -0.4 is 5.32 Å². The molecule has 9 heteroatoms. The van der Waals surface area contributed by atoms with E-state index in [1.54, 1.807) is 35.2 Å². The molecule has 2 atom stereocenters. The van der Waals surface area contributed by atoms with Crippen LogP contribution in [0.4, 0.5) is 10.5 Å². The maximum absolute atomic E-state index is 13.6. The van der Waals surface area contributed by atoms with Gasteiger partial charge in [-0.05, 0) is 67.6 Å². The number of nitrogens with zero attached hydrogens (tertiary/aromatic N) is 1. The van der Waals surface area contributed by atoms with Gasteiger partial charge in [0.05, 0.1) is 23.2 Å². The molecule has 7 nitrogen and oxygen atoms in total. The lowest BCUT2D eigenvalue weighted by molar-refractivity contribution is -0.163. The van der Waals surface area contributed by atoms with E-state index < -0.39 is 6.09 Å². The molecule has 0 saturated carbocycles. The second-order valence-electron chi connectivity index (χ2n) is 9.57. The summed E-state index contributed by atoms with van der Waals surface area (Å²) in [6.07, 6.45) is 2.85. The Morgan fingerprint density at radius 1 is 0.950 bits per heavy atom. The average molecular weight is 586 g/mol. The van der Waals surface area contributed by atoms with E-state index in [-0.39, 0.29) is 31.3 Å². The van der Waals surface area contributed by atoms with Gasteiger partial charge in [-0.3, -0.25) is 10.1 Å². The van der Waals surface area contributed by atoms with Crippen molar-refractivity contribution in [2.24, 2.45) is 0 Å². The summed E-state index contributed by atoms with van der Waals surface area (Å²) in [5.74, 6) is -0.265. The van der Waals surface area contributed by atoms with Gasteiger partial charge in [-0.25, -0.2) is 4.79 Å². The summed E-state index contributed by atoms with van der Waals surface area (Å²) in [5, 5.41) is 3.60. The molecule has 2 amide bonds. The number of benzene rings is 3. The molecule has 0 aliphatic carbocycles. The largest absolute Gasteiger partial charge is 0.447 e. The molecule has 40 heavy (non-hydrogen) atoms. The van der Waals surface area contributed by atoms with Crippen LogP contribution in [0.3, 0.4) is 0 Å². The van der Waals surface area contributed by atoms with Gasteiger partial charge in [0.2, 0.25) is 0 Å². The van der Waals surface area contributed by atoms with E-state index in [1.807, 2.05) is 48.5 Å². The number of rotatable bonds is 12. The fourth-order valence-electron chi connectivity index (χ4n) is 4.54. The number of para-hydroxylation sites is 1. The Morgan fingerprint density at radius 2 is 1.70 bits per heavy atom. The second kappa shape index (κ2) is 15.6. The highest BCUT2D eigenvalue weighted by Crippen LogP contribution is 2.29. The Balaban J connectivity index is 1.46. The lowest BCUT2D eigenvalue weighted by Crippen LogP contribution is -2.38. The van der Waals surface area contributed by atoms with E-state index in [1.165, 1.54) is 0 Å². The summed E-state index contributed by atoms with van der Waals surface area (Å²) in [5.41, 5.74) is 2.12. The average Bonchev–Trinajstić information content (AvgIpc) is 2.98. The molecule has 212 valence electrons. The third-order valence-corrected chi connectivity index (χ3v) is 7.43. The van der Waals surface area contributed by atoms with E-state index in [0.29, 0.717) is 47.5 Å². The number of hydrogen-bond acceptors (Lipinski definition) is 5. The molecule has 1 fully saturated rings. The van der Waals surface area contributed by atoms with Gasteiger partial charge in [-0.1, -0.05) is 65.7 Å². The summed E-state index contributed by atoms with van der Waals surface area (Å²) in [7, 11) is 0. The number of amides is 2. The fourth-order valence-corrected chi connectivity index (χ4v) is 4.85. The van der Waals surface area contributed by atoms with E-state index in [4.69, 9.17) is 37.4 Å². The van der Waals surface area contributed by atoms with Crippen LogP contribution in [-0.4, -0.2) is 56.1 Å². The minimum atomic E-state index is -0.583. The van der Waals surface area contributed by atoms with Crippen LogP contribution in [0, 0.1) is 0 Å². The monoisotopic (exact) mass is 584 g/mol. The Kier molecular flexibility index (Phi) is 11.7. The highest BCUT2D eigenvalue weighted by Gasteiger charge is 2.24. The normalized spacial score (nSPS) is 15.7. The molecular weight excluding hydrogens is 551 g/mol. The molecule has 2 unspecified atom stereocenters. The Bertz CT molecular complexity index is 1220. The lowest BCUT2D eigenvalue weighted by Gasteiger charge is -2.29. The first-order valence-electron chi connectivity index (χ1n) is 13.5. The van der Waals surface area contributed by atoms with Crippen LogP contribution in [-0.2, 0) is 14.2 Å². The molecule has 0 radical (unpaired) electrons. The first-order valence-corrected chi connectivity index (χ1v) is 14.3. The van der Waals surface area contributed by atoms with E-state index in [9.17, 15) is 9.59 Å². The van der Waals surface area contributed by atoms with Crippen molar-refractivity contribution < 1.29 is 23.8 Å². The first-order chi connectivity index (χ1) is 19.5. The number of nitrogens with one attached hydrogen (secondary N) is 1. The van der Waals surface area contributed by atoms with Crippen LogP contribution in [0.5, 0.6) is 0 Å². The van der Waals surface area contributed by atoms with E-state index >= 15 is 0 Å². The molecule has 1 heterocycles. The number of halogens is 2. The topological polar surface area (TPSA) is 77.1 Å². The van der Waals surface area contributed by atoms with Gasteiger partial charge in [-0.2, -0.15) is 0 Å². The van der Waals surface area contributed by atoms with Gasteiger partial charge in [0.1, 0.15) is 6.61 Å². The molecule has 0 bridgehead atoms. The van der Waals surface area contributed by atoms with Gasteiger partial charge in [0, 0.05) is 30.3 Å². The Morgan fingerprint density at radius 3 is 2.40 bits per heavy atom. The summed E-state index contributed by atoms with van der Waals surface area (Å²) in [4.78, 5) is 27.6. The summed E-state index contributed by atoms with van der Waals surface area (Å²) < 4.78 is 17.2. The zero-order valence-electron chi connectivity index (χ0n) is 22.3. The predicted molar refractivity (Wildman–Crippen MR) is 157 cm³/mol. The number of anilines is 1. The van der Waals surface area contributed by atoms with Crippen molar-refractivity contribution in [1.29, 1.82) is 0 Å². The van der Waals surface area contributed by atoms with Gasteiger partial charge < -0.3 is 19.1 Å². The highest BCUT2D eigenvalue weighted by molar-refractivity contribution is 6.42. The maximum atomic E-state index is 13.6. The standard InChI is InChI=1S/C31H34Cl2N2O5/c32-27-15-14-24(21-28(27)33)25(16-19-39-29-13-7-8-18-38-29)22-35(30(36)23-9-3-1-4-10-23)17-20-40-31(37)34-26-11-5-2-6-12-26/h1-6,9-12,14-15,21,25,29H,7-8,13,16-20,22H2,(H,34,37). The third kappa shape index (κ3) is 9.24. The van der Waals surface area contributed by atoms with Crippen molar-refractivity contribution in [1.82, 2.24) is 4.90 Å². The molecule has 0 aromatic heterocycles. The van der Waals surface area contributed by atoms with Crippen molar-refractivity contribution in [3.63, 3.8) is 0 Å². The summed E-state index contributed by atoms with van der Waals surface area (Å²) >= 11 is 12.6. The molecule has 1 N–H and O–H groups in total. The number of ether oxygens (including phenoxy) is 3. The fraction of sp³-hybridized carbons (Fsp3) is 0.355. The van der Waals surface area contributed by atoms with Gasteiger partial charge in [0.15, 0.2) is 6.29 Å². The zero-order chi connectivity index (χ0) is 28.2. The molecule has 0 spiro atoms. The molecule has 3 aromatic rings. The van der Waals surface area contributed by atoms with Crippen molar-refractivity contribution in [2.45, 2.75) is 37.9 Å². The Hall–Kier alpha value is -3.10. The second-order valence-corrected chi connectivity index (χ2v) is 10.4. The van der Waals surface area contributed by atoms with Crippen molar-refractivity contribution >= 4 is 40.9 Å². The number of carbonyl (C=O) groups excluding carboxylic acids is 2. The highest BCUT2D eigenvalue weighted by atomic mass is 35.5. The molecular formula is C31H34Cl2N2O5. The molecule has 4 rings (SSSR count). The van der Waals surface area contributed by atoms with Crippen molar-refractivity contribution in [2.75, 3.05) is 38.2 Å². The molecule has 1 saturated heterocycles. The predicted octanol–water partition coefficient (Wildman–Crippen LogP) is 7.40. The van der Waals surface area contributed by atoms with Gasteiger partial charge in [-0.15, -0.1) is 0 Å². The smallest absolute Gasteiger partial charge is 0.411 e. The Labute approximate surface area is 245 Å². The third-order valence-electron chi connectivity index (χ3n) is 6.69. The summed E-state index contributed by atoms with van der Waals surface area (Å²) in [6.45, 7) is 1.76. The van der Waals surface area contributed by atoms with Crippen molar-refractivity contribution in [3.05, 3.63) is 100 Å². The van der Waals surface area contributed by atoms with Crippen LogP contribution in [0.25, 0.3) is 0 Å². The van der Waals surface area contributed by atoms with Crippen LogP contribution in [0.15, 0.2) is 78.9 Å². The number of carbonyl (C=O) groups is 2. The molecule has 1 aliphatic heterocycles. The molecule has 3 aromatic carbocycles. The SMILES string of the molecule is O=C(Nc1ccccc1)OCCN(CC(CCOC1CCCCO1)c1ccc(Cl)c(Cl)c1)C(=O)c1ccccc1. The van der Waals surface area contributed by atoms with E-state index in [2.05, 4.69) is 5.32 Å². The van der Waals surface area contributed by atoms with Gasteiger partial charge in [0.25, 0.3) is 5.91 Å². The maximum Gasteiger partial charge on any atom is 0.411 e. The van der Waals surface area contributed by atoms with Crippen LogP contribution in [0.1, 0.15) is 47.5 Å². The first kappa shape index (κ1) is 29.9. The number of hydrogen-bond donors (Lipinski definition) is 1. The minimum absolute atomic E-state index is 0.0255. The molecule has 1 aliphatic rings. The lowest BCUT2D eigenvalue weighted by atomic mass is 9.95. The van der Waals surface area contributed by atoms with Crippen LogP contribution >= 0.6 is 23.2 Å². The van der Waals surface area contributed by atoms with E-state index in [0.717, 1.165) is 24.8 Å². The zero-order valence-corrected chi connectivity index (χ0v) is 23.8. The van der Waals surface area contributed by atoms with Gasteiger partial charge >= 0.3 is 6.09 Å². The minimum Gasteiger partial charge on any atom is -0.447 e. The summed E-state index contributed by atoms with van der Waals surface area (Å²) in [6, 6.07) is 23.6. The van der Waals surface area contributed by atoms with Crippen LogP contribution in [0.2, 0.25) is 10.0 Å².